The lowest BCUT2D eigenvalue weighted by molar-refractivity contribution is 0.609. The van der Waals surface area contributed by atoms with Crippen LogP contribution in [0.15, 0.2) is 12.2 Å². The SMILES string of the molecule is CCCCCCCC/C=C/CCCCCCC[NH]. The molecular formula is C17H34N. The van der Waals surface area contributed by atoms with Crippen LogP contribution in [0.2, 0.25) is 0 Å². The minimum Gasteiger partial charge on any atom is -0.258 e. The van der Waals surface area contributed by atoms with Crippen molar-refractivity contribution >= 4 is 0 Å². The molecule has 0 atom stereocenters. The van der Waals surface area contributed by atoms with Gasteiger partial charge < -0.3 is 0 Å². The summed E-state index contributed by atoms with van der Waals surface area (Å²) in [7, 11) is 0. The topological polar surface area (TPSA) is 23.8 Å². The van der Waals surface area contributed by atoms with Gasteiger partial charge >= 0.3 is 0 Å². The van der Waals surface area contributed by atoms with Crippen LogP contribution in [-0.4, -0.2) is 6.54 Å². The summed E-state index contributed by atoms with van der Waals surface area (Å²) in [4.78, 5) is 0. The van der Waals surface area contributed by atoms with E-state index in [1.165, 1.54) is 77.0 Å². The largest absolute Gasteiger partial charge is 0.258 e. The van der Waals surface area contributed by atoms with Gasteiger partial charge in [-0.15, -0.1) is 0 Å². The molecule has 0 aliphatic carbocycles. The minimum atomic E-state index is 0.609. The third kappa shape index (κ3) is 15.7. The van der Waals surface area contributed by atoms with E-state index < -0.39 is 0 Å². The van der Waals surface area contributed by atoms with E-state index in [1.54, 1.807) is 0 Å². The van der Waals surface area contributed by atoms with Crippen LogP contribution in [0.1, 0.15) is 90.4 Å². The second-order valence-electron chi connectivity index (χ2n) is 5.33. The monoisotopic (exact) mass is 252 g/mol. The van der Waals surface area contributed by atoms with Gasteiger partial charge in [-0.3, -0.25) is 5.73 Å². The second kappa shape index (κ2) is 16.7. The summed E-state index contributed by atoms with van der Waals surface area (Å²) in [6.07, 6.45) is 22.1. The Bertz CT molecular complexity index is 145. The highest BCUT2D eigenvalue weighted by atomic mass is 14.5. The molecule has 0 saturated heterocycles. The number of unbranched alkanes of at least 4 members (excludes halogenated alkanes) is 11. The van der Waals surface area contributed by atoms with Gasteiger partial charge in [-0.1, -0.05) is 70.4 Å². The van der Waals surface area contributed by atoms with Gasteiger partial charge in [0.25, 0.3) is 0 Å². The van der Waals surface area contributed by atoms with E-state index in [1.807, 2.05) is 0 Å². The van der Waals surface area contributed by atoms with Crippen molar-refractivity contribution in [1.82, 2.24) is 5.73 Å². The molecule has 0 aromatic heterocycles. The van der Waals surface area contributed by atoms with Gasteiger partial charge in [0.2, 0.25) is 0 Å². The van der Waals surface area contributed by atoms with Gasteiger partial charge in [0.15, 0.2) is 0 Å². The zero-order valence-electron chi connectivity index (χ0n) is 12.6. The van der Waals surface area contributed by atoms with Gasteiger partial charge in [0.1, 0.15) is 0 Å². The average molecular weight is 252 g/mol. The van der Waals surface area contributed by atoms with E-state index in [4.69, 9.17) is 5.73 Å². The van der Waals surface area contributed by atoms with Gasteiger partial charge in [-0.05, 0) is 32.1 Å². The fourth-order valence-corrected chi connectivity index (χ4v) is 2.20. The quantitative estimate of drug-likeness (QED) is 0.271. The molecule has 1 radical (unpaired) electrons. The van der Waals surface area contributed by atoms with Crippen molar-refractivity contribution in [3.63, 3.8) is 0 Å². The van der Waals surface area contributed by atoms with Crippen LogP contribution >= 0.6 is 0 Å². The van der Waals surface area contributed by atoms with E-state index in [0.717, 1.165) is 6.42 Å². The predicted molar refractivity (Wildman–Crippen MR) is 82.8 cm³/mol. The Balaban J connectivity index is 3.00. The Hall–Kier alpha value is -0.300. The molecule has 0 aliphatic rings. The molecule has 0 aliphatic heterocycles. The van der Waals surface area contributed by atoms with Crippen LogP contribution in [0.4, 0.5) is 0 Å². The van der Waals surface area contributed by atoms with Crippen molar-refractivity contribution in [3.8, 4) is 0 Å². The summed E-state index contributed by atoms with van der Waals surface area (Å²) in [5.74, 6) is 0. The molecule has 0 saturated carbocycles. The maximum absolute atomic E-state index is 7.06. The van der Waals surface area contributed by atoms with Crippen molar-refractivity contribution < 1.29 is 0 Å². The number of hydrogen-bond acceptors (Lipinski definition) is 0. The van der Waals surface area contributed by atoms with Crippen LogP contribution in [0.3, 0.4) is 0 Å². The third-order valence-corrected chi connectivity index (χ3v) is 3.44. The molecule has 0 heterocycles. The Kier molecular flexibility index (Phi) is 16.4. The zero-order chi connectivity index (χ0) is 13.3. The fourth-order valence-electron chi connectivity index (χ4n) is 2.20. The van der Waals surface area contributed by atoms with Crippen molar-refractivity contribution in [2.75, 3.05) is 6.54 Å². The number of hydrogen-bond donors (Lipinski definition) is 0. The van der Waals surface area contributed by atoms with Gasteiger partial charge in [0.05, 0.1) is 0 Å². The van der Waals surface area contributed by atoms with E-state index in [9.17, 15) is 0 Å². The molecule has 0 aromatic carbocycles. The Morgan fingerprint density at radius 2 is 1.06 bits per heavy atom. The van der Waals surface area contributed by atoms with E-state index in [0.29, 0.717) is 6.54 Å². The summed E-state index contributed by atoms with van der Waals surface area (Å²) in [6, 6.07) is 0. The molecule has 0 amide bonds. The molecule has 0 bridgehead atoms. The second-order valence-corrected chi connectivity index (χ2v) is 5.33. The number of allylic oxidation sites excluding steroid dienone is 2. The third-order valence-electron chi connectivity index (χ3n) is 3.44. The van der Waals surface area contributed by atoms with Gasteiger partial charge in [-0.25, -0.2) is 0 Å². The average Bonchev–Trinajstić information content (AvgIpc) is 2.39. The van der Waals surface area contributed by atoms with Crippen molar-refractivity contribution in [2.24, 2.45) is 0 Å². The van der Waals surface area contributed by atoms with Crippen LogP contribution < -0.4 is 5.73 Å². The van der Waals surface area contributed by atoms with E-state index >= 15 is 0 Å². The predicted octanol–water partition coefficient (Wildman–Crippen LogP) is 5.92. The summed E-state index contributed by atoms with van der Waals surface area (Å²) >= 11 is 0. The maximum Gasteiger partial charge on any atom is 0.00997 e. The minimum absolute atomic E-state index is 0.609. The summed E-state index contributed by atoms with van der Waals surface area (Å²) in [6.45, 7) is 2.88. The number of nitrogens with one attached hydrogen (secondary N) is 1. The zero-order valence-corrected chi connectivity index (χ0v) is 12.6. The molecule has 1 heteroatoms. The molecule has 0 rings (SSSR count). The first-order chi connectivity index (χ1) is 8.91. The van der Waals surface area contributed by atoms with E-state index in [2.05, 4.69) is 19.1 Å². The summed E-state index contributed by atoms with van der Waals surface area (Å²) < 4.78 is 0. The number of rotatable bonds is 14. The van der Waals surface area contributed by atoms with Crippen molar-refractivity contribution in [3.05, 3.63) is 12.2 Å². The molecule has 0 aromatic rings. The first-order valence-electron chi connectivity index (χ1n) is 8.21. The van der Waals surface area contributed by atoms with Crippen molar-refractivity contribution in [2.45, 2.75) is 90.4 Å². The smallest absolute Gasteiger partial charge is 0.00997 e. The maximum atomic E-state index is 7.06. The lowest BCUT2D eigenvalue weighted by atomic mass is 10.1. The molecule has 0 fully saturated rings. The Morgan fingerprint density at radius 3 is 1.56 bits per heavy atom. The molecule has 0 unspecified atom stereocenters. The molecular weight excluding hydrogens is 218 g/mol. The lowest BCUT2D eigenvalue weighted by Gasteiger charge is -1.98. The molecule has 107 valence electrons. The molecule has 18 heavy (non-hydrogen) atoms. The highest BCUT2D eigenvalue weighted by molar-refractivity contribution is 4.81. The van der Waals surface area contributed by atoms with Crippen molar-refractivity contribution in [1.29, 1.82) is 0 Å². The van der Waals surface area contributed by atoms with Crippen LogP contribution in [-0.2, 0) is 0 Å². The van der Waals surface area contributed by atoms with Crippen LogP contribution in [0, 0.1) is 0 Å². The Labute approximate surface area is 115 Å². The highest BCUT2D eigenvalue weighted by Crippen LogP contribution is 2.08. The normalized spacial score (nSPS) is 11.4. The first-order valence-corrected chi connectivity index (χ1v) is 8.21. The fraction of sp³-hybridized carbons (Fsp3) is 0.882. The molecule has 0 spiro atoms. The summed E-state index contributed by atoms with van der Waals surface area (Å²) in [5.41, 5.74) is 7.06. The summed E-state index contributed by atoms with van der Waals surface area (Å²) in [5, 5.41) is 0. The van der Waals surface area contributed by atoms with E-state index in [-0.39, 0.29) is 0 Å². The lowest BCUT2D eigenvalue weighted by Crippen LogP contribution is -1.85. The first kappa shape index (κ1) is 17.7. The van der Waals surface area contributed by atoms with Gasteiger partial charge in [0, 0.05) is 6.54 Å². The standard InChI is InChI=1S/C17H34N/c1-2-3-4-5-6-7-8-9-10-11-12-13-14-15-16-17-18/h9-10,18H,2-8,11-17H2,1H3/b10-9+. The molecule has 1 nitrogen and oxygen atoms in total. The Morgan fingerprint density at radius 1 is 0.611 bits per heavy atom. The molecule has 1 N–H and O–H groups in total. The highest BCUT2D eigenvalue weighted by Gasteiger charge is 1.89. The van der Waals surface area contributed by atoms with Crippen LogP contribution in [0.5, 0.6) is 0 Å². The van der Waals surface area contributed by atoms with Crippen LogP contribution in [0.25, 0.3) is 0 Å². The van der Waals surface area contributed by atoms with Gasteiger partial charge in [-0.2, -0.15) is 0 Å².